The number of benzene rings is 1. The third kappa shape index (κ3) is 3.59. The Morgan fingerprint density at radius 1 is 1.56 bits per heavy atom. The van der Waals surface area contributed by atoms with Gasteiger partial charge in [-0.15, -0.1) is 12.3 Å². The van der Waals surface area contributed by atoms with E-state index in [9.17, 15) is 4.79 Å². The normalized spacial score (nSPS) is 9.50. The molecule has 1 aromatic carbocycles. The summed E-state index contributed by atoms with van der Waals surface area (Å²) in [5.74, 6) is 1.63. The minimum Gasteiger partial charge on any atom is -0.478 e. The van der Waals surface area contributed by atoms with E-state index < -0.39 is 5.97 Å². The number of hydrogen-bond acceptors (Lipinski definition) is 2. The van der Waals surface area contributed by atoms with E-state index in [-0.39, 0.29) is 5.56 Å². The summed E-state index contributed by atoms with van der Waals surface area (Å²) in [5.41, 5.74) is 1.14. The van der Waals surface area contributed by atoms with Gasteiger partial charge in [0.15, 0.2) is 0 Å². The van der Waals surface area contributed by atoms with Crippen LogP contribution in [0.5, 0.6) is 0 Å². The molecular formula is C12H12BrNO2. The van der Waals surface area contributed by atoms with E-state index in [0.29, 0.717) is 0 Å². The molecule has 0 amide bonds. The summed E-state index contributed by atoms with van der Waals surface area (Å²) >= 11 is 3.32. The lowest BCUT2D eigenvalue weighted by atomic mass is 10.2. The average Bonchev–Trinajstić information content (AvgIpc) is 2.26. The van der Waals surface area contributed by atoms with Gasteiger partial charge in [-0.2, -0.15) is 0 Å². The number of nitrogens with one attached hydrogen (secondary N) is 1. The van der Waals surface area contributed by atoms with Crippen molar-refractivity contribution in [1.29, 1.82) is 0 Å². The van der Waals surface area contributed by atoms with Crippen LogP contribution in [-0.4, -0.2) is 17.6 Å². The van der Waals surface area contributed by atoms with Crippen molar-refractivity contribution in [3.05, 3.63) is 28.2 Å². The number of carboxylic acids is 1. The predicted molar refractivity (Wildman–Crippen MR) is 67.7 cm³/mol. The monoisotopic (exact) mass is 281 g/mol. The first-order valence-electron chi connectivity index (χ1n) is 4.85. The van der Waals surface area contributed by atoms with E-state index in [2.05, 4.69) is 27.2 Å². The minimum absolute atomic E-state index is 0.265. The van der Waals surface area contributed by atoms with Crippen molar-refractivity contribution in [2.45, 2.75) is 12.8 Å². The fourth-order valence-corrected chi connectivity index (χ4v) is 1.72. The molecule has 84 valence electrons. The summed E-state index contributed by atoms with van der Waals surface area (Å²) in [6.07, 6.45) is 6.77. The van der Waals surface area contributed by atoms with Crippen LogP contribution in [0, 0.1) is 12.3 Å². The summed E-state index contributed by atoms with van der Waals surface area (Å²) in [7, 11) is 0. The van der Waals surface area contributed by atoms with Crippen molar-refractivity contribution >= 4 is 27.6 Å². The second kappa shape index (κ2) is 6.19. The standard InChI is InChI=1S/C12H12BrNO2/c1-2-3-4-7-14-11-6-5-9(12(15)16)8-10(11)13/h1,5-6,8,14H,3-4,7H2,(H,15,16). The maximum Gasteiger partial charge on any atom is 0.335 e. The van der Waals surface area contributed by atoms with Gasteiger partial charge < -0.3 is 10.4 Å². The first-order chi connectivity index (χ1) is 7.65. The fourth-order valence-electron chi connectivity index (χ4n) is 1.21. The van der Waals surface area contributed by atoms with E-state index in [4.69, 9.17) is 11.5 Å². The van der Waals surface area contributed by atoms with E-state index >= 15 is 0 Å². The third-order valence-corrected chi connectivity index (χ3v) is 2.69. The summed E-state index contributed by atoms with van der Waals surface area (Å²) in [6, 6.07) is 4.88. The zero-order chi connectivity index (χ0) is 12.0. The number of halogens is 1. The Morgan fingerprint density at radius 2 is 2.31 bits per heavy atom. The van der Waals surface area contributed by atoms with Gasteiger partial charge in [-0.05, 0) is 40.5 Å². The topological polar surface area (TPSA) is 49.3 Å². The van der Waals surface area contributed by atoms with Gasteiger partial charge in [0.1, 0.15) is 0 Å². The molecule has 0 atom stereocenters. The molecule has 0 fully saturated rings. The van der Waals surface area contributed by atoms with Crippen molar-refractivity contribution in [1.82, 2.24) is 0 Å². The lowest BCUT2D eigenvalue weighted by molar-refractivity contribution is 0.0697. The lowest BCUT2D eigenvalue weighted by Gasteiger charge is -2.08. The smallest absolute Gasteiger partial charge is 0.335 e. The molecule has 2 N–H and O–H groups in total. The number of carboxylic acid groups (broad SMARTS) is 1. The van der Waals surface area contributed by atoms with Gasteiger partial charge in [-0.1, -0.05) is 0 Å². The van der Waals surface area contributed by atoms with Gasteiger partial charge in [0.05, 0.1) is 5.56 Å². The van der Waals surface area contributed by atoms with Gasteiger partial charge in [0, 0.05) is 23.1 Å². The molecule has 3 nitrogen and oxygen atoms in total. The highest BCUT2D eigenvalue weighted by molar-refractivity contribution is 9.10. The Balaban J connectivity index is 2.62. The van der Waals surface area contributed by atoms with Crippen LogP contribution in [0.1, 0.15) is 23.2 Å². The molecule has 0 aliphatic rings. The summed E-state index contributed by atoms with van der Waals surface area (Å²) in [4.78, 5) is 10.7. The van der Waals surface area contributed by atoms with Crippen LogP contribution in [0.4, 0.5) is 5.69 Å². The molecule has 16 heavy (non-hydrogen) atoms. The van der Waals surface area contributed by atoms with Crippen LogP contribution in [0.2, 0.25) is 0 Å². The first-order valence-corrected chi connectivity index (χ1v) is 5.64. The number of terminal acetylenes is 1. The van der Waals surface area contributed by atoms with Crippen molar-refractivity contribution < 1.29 is 9.90 Å². The quantitative estimate of drug-likeness (QED) is 0.644. The molecule has 1 rings (SSSR count). The Labute approximate surface area is 103 Å². The van der Waals surface area contributed by atoms with E-state index in [0.717, 1.165) is 29.5 Å². The molecule has 0 spiro atoms. The SMILES string of the molecule is C#CCCCNc1ccc(C(=O)O)cc1Br. The molecule has 0 aliphatic heterocycles. The van der Waals surface area contributed by atoms with Crippen LogP contribution in [-0.2, 0) is 0 Å². The predicted octanol–water partition coefficient (Wildman–Crippen LogP) is 2.97. The van der Waals surface area contributed by atoms with Gasteiger partial charge in [-0.25, -0.2) is 4.79 Å². The molecule has 0 bridgehead atoms. The maximum atomic E-state index is 10.7. The highest BCUT2D eigenvalue weighted by Crippen LogP contribution is 2.23. The zero-order valence-electron chi connectivity index (χ0n) is 8.66. The summed E-state index contributed by atoms with van der Waals surface area (Å²) in [6.45, 7) is 0.773. The van der Waals surface area contributed by atoms with Crippen molar-refractivity contribution in [3.63, 3.8) is 0 Å². The number of anilines is 1. The van der Waals surface area contributed by atoms with Gasteiger partial charge in [0.2, 0.25) is 0 Å². The summed E-state index contributed by atoms with van der Waals surface area (Å²) in [5, 5.41) is 12.0. The van der Waals surface area contributed by atoms with Crippen molar-refractivity contribution in [2.24, 2.45) is 0 Å². The first kappa shape index (κ1) is 12.6. The fraction of sp³-hybridized carbons (Fsp3) is 0.250. The van der Waals surface area contributed by atoms with Crippen LogP contribution < -0.4 is 5.32 Å². The molecule has 0 heterocycles. The zero-order valence-corrected chi connectivity index (χ0v) is 10.3. The minimum atomic E-state index is -0.931. The van der Waals surface area contributed by atoms with Gasteiger partial charge in [0.25, 0.3) is 0 Å². The second-order valence-corrected chi connectivity index (χ2v) is 4.09. The molecule has 0 saturated heterocycles. The Hall–Kier alpha value is -1.47. The van der Waals surface area contributed by atoms with Gasteiger partial charge >= 0.3 is 5.97 Å². The number of rotatable bonds is 5. The maximum absolute atomic E-state index is 10.7. The Morgan fingerprint density at radius 3 is 2.88 bits per heavy atom. The third-order valence-electron chi connectivity index (χ3n) is 2.03. The molecular weight excluding hydrogens is 270 g/mol. The van der Waals surface area contributed by atoms with Crippen molar-refractivity contribution in [3.8, 4) is 12.3 Å². The number of aromatic carboxylic acids is 1. The molecule has 1 aromatic rings. The Bertz CT molecular complexity index is 424. The van der Waals surface area contributed by atoms with E-state index in [1.807, 2.05) is 0 Å². The van der Waals surface area contributed by atoms with Gasteiger partial charge in [-0.3, -0.25) is 0 Å². The van der Waals surface area contributed by atoms with Crippen LogP contribution in [0.25, 0.3) is 0 Å². The molecule has 0 aliphatic carbocycles. The van der Waals surface area contributed by atoms with Crippen LogP contribution >= 0.6 is 15.9 Å². The highest BCUT2D eigenvalue weighted by atomic mass is 79.9. The lowest BCUT2D eigenvalue weighted by Crippen LogP contribution is -2.03. The summed E-state index contributed by atoms with van der Waals surface area (Å²) < 4.78 is 0.744. The number of carbonyl (C=O) groups is 1. The molecule has 0 saturated carbocycles. The Kier molecular flexibility index (Phi) is 4.87. The van der Waals surface area contributed by atoms with E-state index in [1.54, 1.807) is 18.2 Å². The second-order valence-electron chi connectivity index (χ2n) is 3.23. The van der Waals surface area contributed by atoms with Crippen LogP contribution in [0.3, 0.4) is 0 Å². The average molecular weight is 282 g/mol. The van der Waals surface area contributed by atoms with E-state index in [1.165, 1.54) is 0 Å². The van der Waals surface area contributed by atoms with Crippen LogP contribution in [0.15, 0.2) is 22.7 Å². The molecule has 0 unspecified atom stereocenters. The molecule has 4 heteroatoms. The highest BCUT2D eigenvalue weighted by Gasteiger charge is 2.05. The van der Waals surface area contributed by atoms with Crippen molar-refractivity contribution in [2.75, 3.05) is 11.9 Å². The number of unbranched alkanes of at least 4 members (excludes halogenated alkanes) is 1. The number of hydrogen-bond donors (Lipinski definition) is 2. The molecule has 0 aromatic heterocycles. The molecule has 0 radical (unpaired) electrons. The largest absolute Gasteiger partial charge is 0.478 e.